The first kappa shape index (κ1) is 14.4. The van der Waals surface area contributed by atoms with Crippen LogP contribution in [-0.4, -0.2) is 34.7 Å². The van der Waals surface area contributed by atoms with Crippen LogP contribution in [0.3, 0.4) is 0 Å². The Kier molecular flexibility index (Phi) is 4.14. The summed E-state index contributed by atoms with van der Waals surface area (Å²) < 4.78 is 5.44. The maximum Gasteiger partial charge on any atom is 0.492 e. The van der Waals surface area contributed by atoms with Gasteiger partial charge in [-0.1, -0.05) is 0 Å². The molecule has 1 aromatic rings. The molecule has 0 aromatic carbocycles. The van der Waals surface area contributed by atoms with Gasteiger partial charge in [-0.05, 0) is 44.6 Å². The van der Waals surface area contributed by atoms with Crippen molar-refractivity contribution in [3.05, 3.63) is 16.3 Å². The first-order valence-electron chi connectivity index (χ1n) is 5.29. The number of rotatable bonds is 5. The summed E-state index contributed by atoms with van der Waals surface area (Å²) in [6.45, 7) is 6.63. The van der Waals surface area contributed by atoms with E-state index in [2.05, 4.69) is 0 Å². The van der Waals surface area contributed by atoms with Crippen LogP contribution in [0.15, 0.2) is 11.4 Å². The summed E-state index contributed by atoms with van der Waals surface area (Å²) in [5.41, 5.74) is -1.47. The molecular weight excluding hydrogens is 239 g/mol. The Bertz CT molecular complexity index is 394. The van der Waals surface area contributed by atoms with Crippen molar-refractivity contribution in [3.63, 3.8) is 0 Å². The lowest BCUT2D eigenvalue weighted by molar-refractivity contribution is -0.0982. The highest BCUT2D eigenvalue weighted by Crippen LogP contribution is 2.25. The van der Waals surface area contributed by atoms with E-state index in [4.69, 9.17) is 4.65 Å². The predicted molar refractivity (Wildman–Crippen MR) is 68.8 cm³/mol. The van der Waals surface area contributed by atoms with Gasteiger partial charge >= 0.3 is 7.12 Å². The van der Waals surface area contributed by atoms with Gasteiger partial charge in [-0.15, -0.1) is 11.3 Å². The molecule has 0 amide bonds. The van der Waals surface area contributed by atoms with Crippen molar-refractivity contribution in [2.45, 2.75) is 38.9 Å². The third kappa shape index (κ3) is 3.39. The van der Waals surface area contributed by atoms with Crippen molar-refractivity contribution >= 4 is 30.2 Å². The highest BCUT2D eigenvalue weighted by Gasteiger charge is 2.39. The van der Waals surface area contributed by atoms with E-state index in [1.165, 1.54) is 11.3 Å². The number of thiophene rings is 1. The molecule has 0 unspecified atom stereocenters. The average molecular weight is 256 g/mol. The second-order valence-corrected chi connectivity index (χ2v) is 5.88. The van der Waals surface area contributed by atoms with Crippen LogP contribution in [0.2, 0.25) is 0 Å². The van der Waals surface area contributed by atoms with E-state index in [-0.39, 0.29) is 0 Å². The van der Waals surface area contributed by atoms with Gasteiger partial charge in [-0.3, -0.25) is 4.79 Å². The summed E-state index contributed by atoms with van der Waals surface area (Å²) in [5, 5.41) is 21.5. The Morgan fingerprint density at radius 3 is 2.41 bits per heavy atom. The van der Waals surface area contributed by atoms with Gasteiger partial charge < -0.3 is 14.8 Å². The molecule has 17 heavy (non-hydrogen) atoms. The fourth-order valence-corrected chi connectivity index (χ4v) is 1.77. The van der Waals surface area contributed by atoms with Gasteiger partial charge in [0.15, 0.2) is 6.29 Å². The third-order valence-electron chi connectivity index (χ3n) is 2.92. The average Bonchev–Trinajstić information content (AvgIpc) is 2.63. The van der Waals surface area contributed by atoms with E-state index in [1.54, 1.807) is 39.1 Å². The van der Waals surface area contributed by atoms with Gasteiger partial charge in [-0.25, -0.2) is 0 Å². The minimum atomic E-state index is -1.15. The molecule has 0 atom stereocenters. The highest BCUT2D eigenvalue weighted by molar-refractivity contribution is 7.12. The molecule has 0 spiro atoms. The zero-order valence-corrected chi connectivity index (χ0v) is 11.2. The topological polar surface area (TPSA) is 66.8 Å². The quantitative estimate of drug-likeness (QED) is 0.604. The summed E-state index contributed by atoms with van der Waals surface area (Å²) in [5.74, 6) is 0. The molecule has 1 rings (SSSR count). The molecule has 0 saturated carbocycles. The van der Waals surface area contributed by atoms with E-state index in [0.717, 1.165) is 6.29 Å². The van der Waals surface area contributed by atoms with Crippen LogP contribution in [0.1, 0.15) is 37.4 Å². The smallest absolute Gasteiger partial charge is 0.423 e. The second kappa shape index (κ2) is 4.90. The molecule has 0 aliphatic rings. The van der Waals surface area contributed by atoms with Gasteiger partial charge in [0, 0.05) is 0 Å². The predicted octanol–water partition coefficient (Wildman–Crippen LogP) is 0.814. The summed E-state index contributed by atoms with van der Waals surface area (Å²) in [4.78, 5) is 11.1. The first-order valence-corrected chi connectivity index (χ1v) is 6.17. The van der Waals surface area contributed by atoms with Crippen LogP contribution in [0.4, 0.5) is 0 Å². The largest absolute Gasteiger partial charge is 0.492 e. The molecule has 2 N–H and O–H groups in total. The van der Waals surface area contributed by atoms with Crippen molar-refractivity contribution in [2.24, 2.45) is 0 Å². The monoisotopic (exact) mass is 256 g/mol. The van der Waals surface area contributed by atoms with Crippen LogP contribution in [0, 0.1) is 0 Å². The first-order chi connectivity index (χ1) is 7.67. The van der Waals surface area contributed by atoms with Gasteiger partial charge in [0.1, 0.15) is 0 Å². The number of hydrogen-bond acceptors (Lipinski definition) is 5. The second-order valence-electron chi connectivity index (χ2n) is 4.94. The van der Waals surface area contributed by atoms with Crippen molar-refractivity contribution in [1.29, 1.82) is 0 Å². The standard InChI is InChI=1S/C11H17BO4S/c1-10(2,14)11(3,4)16-12(15)8-5-9(6-13)17-7-8/h5-7,14-15H,1-4H3. The minimum absolute atomic E-state index is 0.523. The van der Waals surface area contributed by atoms with Crippen LogP contribution in [0.25, 0.3) is 0 Å². The lowest BCUT2D eigenvalue weighted by atomic mass is 9.78. The maximum atomic E-state index is 10.5. The van der Waals surface area contributed by atoms with Crippen molar-refractivity contribution < 1.29 is 19.6 Å². The molecule has 0 radical (unpaired) electrons. The van der Waals surface area contributed by atoms with E-state index >= 15 is 0 Å². The number of carbonyl (C=O) groups excluding carboxylic acids is 1. The summed E-state index contributed by atoms with van der Waals surface area (Å²) in [6, 6.07) is 1.57. The van der Waals surface area contributed by atoms with E-state index < -0.39 is 18.3 Å². The van der Waals surface area contributed by atoms with E-state index in [1.807, 2.05) is 0 Å². The highest BCUT2D eigenvalue weighted by atomic mass is 32.1. The van der Waals surface area contributed by atoms with Gasteiger partial charge in [0.05, 0.1) is 16.1 Å². The van der Waals surface area contributed by atoms with Crippen molar-refractivity contribution in [1.82, 2.24) is 0 Å². The molecular formula is C11H17BO4S. The van der Waals surface area contributed by atoms with Crippen LogP contribution < -0.4 is 5.46 Å². The van der Waals surface area contributed by atoms with E-state index in [9.17, 15) is 14.9 Å². The SMILES string of the molecule is CC(C)(O)C(C)(C)OB(O)c1csc(C=O)c1. The minimum Gasteiger partial charge on any atom is -0.423 e. The molecule has 0 fully saturated rings. The normalized spacial score (nSPS) is 12.6. The lowest BCUT2D eigenvalue weighted by Gasteiger charge is -2.38. The molecule has 1 aromatic heterocycles. The summed E-state index contributed by atoms with van der Waals surface area (Å²) in [7, 11) is -1.15. The lowest BCUT2D eigenvalue weighted by Crippen LogP contribution is -2.52. The number of carbonyl (C=O) groups is 1. The Morgan fingerprint density at radius 1 is 1.41 bits per heavy atom. The van der Waals surface area contributed by atoms with E-state index in [0.29, 0.717) is 10.3 Å². The Balaban J connectivity index is 2.78. The summed E-state index contributed by atoms with van der Waals surface area (Å²) in [6.07, 6.45) is 0.724. The Hall–Kier alpha value is -0.685. The fraction of sp³-hybridized carbons (Fsp3) is 0.545. The molecule has 94 valence electrons. The molecule has 0 aliphatic heterocycles. The number of hydrogen-bond donors (Lipinski definition) is 2. The molecule has 1 heterocycles. The van der Waals surface area contributed by atoms with Crippen LogP contribution >= 0.6 is 11.3 Å². The fourth-order valence-electron chi connectivity index (χ4n) is 1.05. The van der Waals surface area contributed by atoms with Gasteiger partial charge in [0.25, 0.3) is 0 Å². The van der Waals surface area contributed by atoms with Gasteiger partial charge in [0.2, 0.25) is 0 Å². The zero-order valence-electron chi connectivity index (χ0n) is 10.4. The molecule has 6 heteroatoms. The van der Waals surface area contributed by atoms with Gasteiger partial charge in [-0.2, -0.15) is 0 Å². The van der Waals surface area contributed by atoms with Crippen molar-refractivity contribution in [2.75, 3.05) is 0 Å². The third-order valence-corrected chi connectivity index (χ3v) is 3.80. The number of aldehydes is 1. The summed E-state index contributed by atoms with van der Waals surface area (Å²) >= 11 is 1.24. The zero-order chi connectivity index (χ0) is 13.3. The number of aliphatic hydroxyl groups is 1. The molecule has 4 nitrogen and oxygen atoms in total. The van der Waals surface area contributed by atoms with Crippen molar-refractivity contribution in [3.8, 4) is 0 Å². The van der Waals surface area contributed by atoms with Crippen LogP contribution in [-0.2, 0) is 4.65 Å². The van der Waals surface area contributed by atoms with Crippen LogP contribution in [0.5, 0.6) is 0 Å². The maximum absolute atomic E-state index is 10.5. The molecule has 0 saturated heterocycles. The Labute approximate surface area is 105 Å². The Morgan fingerprint density at radius 2 is 2.00 bits per heavy atom. The molecule has 0 bridgehead atoms. The molecule has 0 aliphatic carbocycles.